The summed E-state index contributed by atoms with van der Waals surface area (Å²) >= 11 is 6.26. The smallest absolute Gasteiger partial charge is 0.119 e. The molecule has 4 nitrogen and oxygen atoms in total. The minimum Gasteiger partial charge on any atom is -0.497 e. The SMILES string of the molecule is COc1ccc2nc3cc(Cl)ccc3c(NCC(CCN(C)C)c3ccccc3)c2c1. The third-order valence-electron chi connectivity index (χ3n) is 5.66. The molecule has 160 valence electrons. The second kappa shape index (κ2) is 9.54. The van der Waals surface area contributed by atoms with Crippen LogP contribution in [0.15, 0.2) is 66.7 Å². The summed E-state index contributed by atoms with van der Waals surface area (Å²) in [5.74, 6) is 1.21. The monoisotopic (exact) mass is 433 g/mol. The largest absolute Gasteiger partial charge is 0.497 e. The zero-order valence-electron chi connectivity index (χ0n) is 18.2. The minimum atomic E-state index is 0.389. The third kappa shape index (κ3) is 4.92. The lowest BCUT2D eigenvalue weighted by molar-refractivity contribution is 0.383. The second-order valence-corrected chi connectivity index (χ2v) is 8.55. The molecular formula is C26H28ClN3O. The third-order valence-corrected chi connectivity index (χ3v) is 5.90. The Bertz CT molecular complexity index is 1180. The number of aromatic nitrogens is 1. The van der Waals surface area contributed by atoms with E-state index in [4.69, 9.17) is 21.3 Å². The first kappa shape index (κ1) is 21.4. The average molecular weight is 434 g/mol. The van der Waals surface area contributed by atoms with Crippen molar-refractivity contribution < 1.29 is 4.74 Å². The highest BCUT2D eigenvalue weighted by Gasteiger charge is 2.15. The van der Waals surface area contributed by atoms with Crippen molar-refractivity contribution in [2.24, 2.45) is 0 Å². The van der Waals surface area contributed by atoms with E-state index in [1.165, 1.54) is 5.56 Å². The quantitative estimate of drug-likeness (QED) is 0.336. The van der Waals surface area contributed by atoms with Crippen molar-refractivity contribution in [3.63, 3.8) is 0 Å². The van der Waals surface area contributed by atoms with Gasteiger partial charge in [0.15, 0.2) is 0 Å². The van der Waals surface area contributed by atoms with Crippen LogP contribution in [0.5, 0.6) is 5.75 Å². The lowest BCUT2D eigenvalue weighted by Gasteiger charge is -2.22. The summed E-state index contributed by atoms with van der Waals surface area (Å²) in [5, 5.41) is 6.56. The topological polar surface area (TPSA) is 37.4 Å². The van der Waals surface area contributed by atoms with Gasteiger partial charge in [-0.05, 0) is 69.0 Å². The van der Waals surface area contributed by atoms with Gasteiger partial charge in [0.2, 0.25) is 0 Å². The number of methoxy groups -OCH3 is 1. The van der Waals surface area contributed by atoms with Crippen molar-refractivity contribution in [1.29, 1.82) is 0 Å². The fourth-order valence-electron chi connectivity index (χ4n) is 3.96. The van der Waals surface area contributed by atoms with Gasteiger partial charge in [0.25, 0.3) is 0 Å². The molecule has 0 bridgehead atoms. The van der Waals surface area contributed by atoms with E-state index in [0.29, 0.717) is 10.9 Å². The molecule has 1 atom stereocenters. The van der Waals surface area contributed by atoms with Gasteiger partial charge in [-0.2, -0.15) is 0 Å². The summed E-state index contributed by atoms with van der Waals surface area (Å²) in [6.45, 7) is 1.86. The Labute approximate surface area is 188 Å². The maximum absolute atomic E-state index is 6.26. The minimum absolute atomic E-state index is 0.389. The number of anilines is 1. The molecule has 3 aromatic carbocycles. The number of ether oxygens (including phenoxy) is 1. The summed E-state index contributed by atoms with van der Waals surface area (Å²) < 4.78 is 5.49. The van der Waals surface area contributed by atoms with Crippen LogP contribution in [0.2, 0.25) is 5.02 Å². The van der Waals surface area contributed by atoms with E-state index >= 15 is 0 Å². The van der Waals surface area contributed by atoms with Crippen LogP contribution in [0.1, 0.15) is 17.9 Å². The predicted octanol–water partition coefficient (Wildman–Crippen LogP) is 6.20. The maximum Gasteiger partial charge on any atom is 0.119 e. The molecule has 1 heterocycles. The van der Waals surface area contributed by atoms with Crippen LogP contribution in [0.25, 0.3) is 21.8 Å². The van der Waals surface area contributed by atoms with Crippen LogP contribution < -0.4 is 10.1 Å². The Hall–Kier alpha value is -2.82. The van der Waals surface area contributed by atoms with Crippen LogP contribution in [0.3, 0.4) is 0 Å². The van der Waals surface area contributed by atoms with Crippen LogP contribution in [-0.2, 0) is 0 Å². The first-order chi connectivity index (χ1) is 15.0. The number of rotatable bonds is 8. The van der Waals surface area contributed by atoms with Crippen molar-refractivity contribution in [3.8, 4) is 5.75 Å². The molecule has 1 unspecified atom stereocenters. The average Bonchev–Trinajstić information content (AvgIpc) is 2.78. The standard InChI is InChI=1S/C26H28ClN3O/c1-30(2)14-13-19(18-7-5-4-6-8-18)17-28-26-22-11-9-20(27)15-25(22)29-24-12-10-21(31-3)16-23(24)26/h4-12,15-16,19H,13-14,17H2,1-3H3,(H,28,29). The molecule has 5 heteroatoms. The van der Waals surface area contributed by atoms with Crippen molar-refractivity contribution >= 4 is 39.1 Å². The van der Waals surface area contributed by atoms with Crippen LogP contribution in [0, 0.1) is 0 Å². The molecule has 0 saturated carbocycles. The van der Waals surface area contributed by atoms with Gasteiger partial charge in [-0.25, -0.2) is 4.98 Å². The summed E-state index contributed by atoms with van der Waals surface area (Å²) in [5.41, 5.74) is 4.22. The van der Waals surface area contributed by atoms with Gasteiger partial charge < -0.3 is 15.0 Å². The first-order valence-corrected chi connectivity index (χ1v) is 10.9. The van der Waals surface area contributed by atoms with Gasteiger partial charge in [0, 0.05) is 28.3 Å². The summed E-state index contributed by atoms with van der Waals surface area (Å²) in [6.07, 6.45) is 1.07. The highest BCUT2D eigenvalue weighted by molar-refractivity contribution is 6.31. The fraction of sp³-hybridized carbons (Fsp3) is 0.269. The Morgan fingerprint density at radius 3 is 2.52 bits per heavy atom. The molecule has 0 amide bonds. The number of hydrogen-bond donors (Lipinski definition) is 1. The van der Waals surface area contributed by atoms with E-state index in [1.807, 2.05) is 30.3 Å². The molecule has 0 aliphatic rings. The predicted molar refractivity (Wildman–Crippen MR) is 132 cm³/mol. The number of fused-ring (bicyclic) bond motifs is 2. The van der Waals surface area contributed by atoms with Gasteiger partial charge in [-0.1, -0.05) is 41.9 Å². The van der Waals surface area contributed by atoms with E-state index in [1.54, 1.807) is 7.11 Å². The van der Waals surface area contributed by atoms with Gasteiger partial charge >= 0.3 is 0 Å². The summed E-state index contributed by atoms with van der Waals surface area (Å²) in [7, 11) is 5.93. The normalized spacial score (nSPS) is 12.4. The number of nitrogens with zero attached hydrogens (tertiary/aromatic N) is 2. The molecule has 4 rings (SSSR count). The number of benzene rings is 3. The molecule has 1 aromatic heterocycles. The maximum atomic E-state index is 6.26. The van der Waals surface area contributed by atoms with Gasteiger partial charge in [-0.3, -0.25) is 0 Å². The number of nitrogens with one attached hydrogen (secondary N) is 1. The molecule has 1 N–H and O–H groups in total. The number of hydrogen-bond acceptors (Lipinski definition) is 4. The van der Waals surface area contributed by atoms with Crippen LogP contribution >= 0.6 is 11.6 Å². The van der Waals surface area contributed by atoms with Crippen molar-refractivity contribution in [1.82, 2.24) is 9.88 Å². The molecule has 0 radical (unpaired) electrons. The van der Waals surface area contributed by atoms with Crippen molar-refractivity contribution in [3.05, 3.63) is 77.3 Å². The van der Waals surface area contributed by atoms with Crippen LogP contribution in [0.4, 0.5) is 5.69 Å². The summed E-state index contributed by atoms with van der Waals surface area (Å²) in [6, 6.07) is 22.6. The highest BCUT2D eigenvalue weighted by Crippen LogP contribution is 2.35. The zero-order valence-corrected chi connectivity index (χ0v) is 19.0. The Balaban J connectivity index is 1.75. The fourth-order valence-corrected chi connectivity index (χ4v) is 4.13. The van der Waals surface area contributed by atoms with Gasteiger partial charge in [-0.15, -0.1) is 0 Å². The van der Waals surface area contributed by atoms with E-state index in [-0.39, 0.29) is 0 Å². The molecule has 31 heavy (non-hydrogen) atoms. The van der Waals surface area contributed by atoms with Crippen molar-refractivity contribution in [2.75, 3.05) is 39.6 Å². The zero-order chi connectivity index (χ0) is 21.8. The van der Waals surface area contributed by atoms with E-state index in [9.17, 15) is 0 Å². The second-order valence-electron chi connectivity index (χ2n) is 8.11. The molecular weight excluding hydrogens is 406 g/mol. The Kier molecular flexibility index (Phi) is 6.59. The van der Waals surface area contributed by atoms with E-state index in [2.05, 4.69) is 60.7 Å². The first-order valence-electron chi connectivity index (χ1n) is 10.6. The van der Waals surface area contributed by atoms with Gasteiger partial charge in [0.1, 0.15) is 5.75 Å². The van der Waals surface area contributed by atoms with E-state index in [0.717, 1.165) is 52.8 Å². The highest BCUT2D eigenvalue weighted by atomic mass is 35.5. The van der Waals surface area contributed by atoms with Crippen molar-refractivity contribution in [2.45, 2.75) is 12.3 Å². The number of pyridine rings is 1. The Morgan fingerprint density at radius 2 is 1.77 bits per heavy atom. The lowest BCUT2D eigenvalue weighted by atomic mass is 9.95. The molecule has 4 aromatic rings. The molecule has 0 aliphatic heterocycles. The molecule has 0 fully saturated rings. The Morgan fingerprint density at radius 1 is 0.968 bits per heavy atom. The molecule has 0 aliphatic carbocycles. The van der Waals surface area contributed by atoms with E-state index < -0.39 is 0 Å². The van der Waals surface area contributed by atoms with Crippen LogP contribution in [-0.4, -0.2) is 44.2 Å². The summed E-state index contributed by atoms with van der Waals surface area (Å²) in [4.78, 5) is 7.07. The molecule has 0 saturated heterocycles. The van der Waals surface area contributed by atoms with Gasteiger partial charge in [0.05, 0.1) is 23.8 Å². The number of halogens is 1. The lowest BCUT2D eigenvalue weighted by Crippen LogP contribution is -2.20. The molecule has 0 spiro atoms.